The van der Waals surface area contributed by atoms with Crippen molar-refractivity contribution >= 4 is 11.2 Å². The molecule has 2 heterocycles. The van der Waals surface area contributed by atoms with Crippen LogP contribution in [0.25, 0.3) is 11.2 Å². The number of benzene rings is 2. The first-order chi connectivity index (χ1) is 15.7. The summed E-state index contributed by atoms with van der Waals surface area (Å²) in [5.74, 6) is 0. The normalized spacial score (nSPS) is 14.1. The average Bonchev–Trinajstić information content (AvgIpc) is 3.50. The van der Waals surface area contributed by atoms with Crippen molar-refractivity contribution in [1.82, 2.24) is 18.7 Å². The van der Waals surface area contributed by atoms with Crippen molar-refractivity contribution in [2.24, 2.45) is 0 Å². The van der Waals surface area contributed by atoms with Crippen LogP contribution in [0.5, 0.6) is 0 Å². The van der Waals surface area contributed by atoms with Gasteiger partial charge in [0, 0.05) is 6.04 Å². The van der Waals surface area contributed by atoms with Gasteiger partial charge in [-0.05, 0) is 36.1 Å². The lowest BCUT2D eigenvalue weighted by Gasteiger charge is -2.15. The summed E-state index contributed by atoms with van der Waals surface area (Å²) in [5, 5.41) is 9.22. The molecule has 7 nitrogen and oxygen atoms in total. The van der Waals surface area contributed by atoms with Crippen LogP contribution in [0.4, 0.5) is 0 Å². The van der Waals surface area contributed by atoms with Crippen LogP contribution in [0.1, 0.15) is 48.4 Å². The average molecular weight is 425 g/mol. The first-order valence-corrected chi connectivity index (χ1v) is 10.9. The van der Waals surface area contributed by atoms with E-state index in [2.05, 4.69) is 11.1 Å². The van der Waals surface area contributed by atoms with Gasteiger partial charge in [-0.2, -0.15) is 5.26 Å². The molecule has 7 heteroatoms. The molecule has 1 fully saturated rings. The first-order valence-electron chi connectivity index (χ1n) is 10.9. The lowest BCUT2D eigenvalue weighted by Crippen LogP contribution is -2.41. The maximum Gasteiger partial charge on any atom is 0.333 e. The van der Waals surface area contributed by atoms with Crippen LogP contribution in [0.2, 0.25) is 0 Å². The number of rotatable bonds is 5. The molecule has 0 atom stereocenters. The van der Waals surface area contributed by atoms with Gasteiger partial charge in [0.15, 0.2) is 11.2 Å². The molecule has 32 heavy (non-hydrogen) atoms. The van der Waals surface area contributed by atoms with E-state index in [9.17, 15) is 14.9 Å². The molecule has 0 amide bonds. The molecule has 0 N–H and O–H groups in total. The molecular weight excluding hydrogens is 402 g/mol. The highest BCUT2D eigenvalue weighted by Crippen LogP contribution is 2.31. The van der Waals surface area contributed by atoms with Crippen molar-refractivity contribution in [3.8, 4) is 6.07 Å². The first kappa shape index (κ1) is 20.0. The minimum atomic E-state index is -0.398. The zero-order chi connectivity index (χ0) is 22.1. The summed E-state index contributed by atoms with van der Waals surface area (Å²) in [6, 6.07) is 19.1. The van der Waals surface area contributed by atoms with E-state index in [0.717, 1.165) is 36.8 Å². The summed E-state index contributed by atoms with van der Waals surface area (Å²) < 4.78 is 4.83. The van der Waals surface area contributed by atoms with Crippen LogP contribution < -0.4 is 11.2 Å². The molecule has 0 unspecified atom stereocenters. The third kappa shape index (κ3) is 3.54. The lowest BCUT2D eigenvalue weighted by atomic mass is 10.1. The molecular formula is C25H23N5O2. The van der Waals surface area contributed by atoms with Gasteiger partial charge in [0.25, 0.3) is 5.56 Å². The van der Waals surface area contributed by atoms with Crippen LogP contribution in [0.3, 0.4) is 0 Å². The van der Waals surface area contributed by atoms with Crippen LogP contribution in [0, 0.1) is 11.3 Å². The second kappa shape index (κ2) is 8.31. The smallest absolute Gasteiger partial charge is 0.322 e. The summed E-state index contributed by atoms with van der Waals surface area (Å²) in [5.41, 5.74) is 2.37. The number of hydrogen-bond donors (Lipinski definition) is 0. The molecule has 0 radical (unpaired) electrons. The number of nitriles is 1. The van der Waals surface area contributed by atoms with E-state index in [0.29, 0.717) is 23.3 Å². The van der Waals surface area contributed by atoms with Gasteiger partial charge in [0.2, 0.25) is 0 Å². The van der Waals surface area contributed by atoms with E-state index in [4.69, 9.17) is 0 Å². The van der Waals surface area contributed by atoms with Crippen molar-refractivity contribution in [2.45, 2.75) is 44.8 Å². The van der Waals surface area contributed by atoms with Gasteiger partial charge in [-0.15, -0.1) is 0 Å². The standard InChI is InChI=1S/C25H23N5O2/c26-14-19-9-6-10-20(13-19)16-29-24(31)22-23(27-17-30(22)21-11-4-5-12-21)28(25(29)32)15-18-7-2-1-3-8-18/h1-3,6-10,13,17,21H,4-5,11-12,15-16H2. The number of hydrogen-bond acceptors (Lipinski definition) is 4. The highest BCUT2D eigenvalue weighted by atomic mass is 16.2. The van der Waals surface area contributed by atoms with Crippen molar-refractivity contribution < 1.29 is 0 Å². The van der Waals surface area contributed by atoms with E-state index >= 15 is 0 Å². The van der Waals surface area contributed by atoms with Gasteiger partial charge in [-0.1, -0.05) is 55.3 Å². The Morgan fingerprint density at radius 2 is 1.66 bits per heavy atom. The van der Waals surface area contributed by atoms with Crippen LogP contribution in [0.15, 0.2) is 70.5 Å². The van der Waals surface area contributed by atoms with Crippen LogP contribution >= 0.6 is 0 Å². The Morgan fingerprint density at radius 1 is 0.938 bits per heavy atom. The number of fused-ring (bicyclic) bond motifs is 1. The Labute approximate surface area is 184 Å². The predicted octanol–water partition coefficient (Wildman–Crippen LogP) is 3.44. The molecule has 1 aliphatic carbocycles. The summed E-state index contributed by atoms with van der Waals surface area (Å²) >= 11 is 0. The van der Waals surface area contributed by atoms with Crippen molar-refractivity contribution in [3.63, 3.8) is 0 Å². The van der Waals surface area contributed by atoms with Gasteiger partial charge in [-0.25, -0.2) is 9.78 Å². The van der Waals surface area contributed by atoms with E-state index in [1.54, 1.807) is 29.1 Å². The fourth-order valence-corrected chi connectivity index (χ4v) is 4.63. The van der Waals surface area contributed by atoms with Gasteiger partial charge >= 0.3 is 5.69 Å². The second-order valence-electron chi connectivity index (χ2n) is 8.32. The molecule has 0 aliphatic heterocycles. The molecule has 2 aromatic heterocycles. The molecule has 0 bridgehead atoms. The maximum absolute atomic E-state index is 13.6. The van der Waals surface area contributed by atoms with E-state index in [-0.39, 0.29) is 18.1 Å². The second-order valence-corrected chi connectivity index (χ2v) is 8.32. The maximum atomic E-state index is 13.6. The Bertz CT molecular complexity index is 1430. The molecule has 1 aliphatic rings. The topological polar surface area (TPSA) is 85.6 Å². The predicted molar refractivity (Wildman–Crippen MR) is 122 cm³/mol. The van der Waals surface area contributed by atoms with E-state index in [1.807, 2.05) is 41.0 Å². The largest absolute Gasteiger partial charge is 0.333 e. The molecule has 160 valence electrons. The summed E-state index contributed by atoms with van der Waals surface area (Å²) in [4.78, 5) is 31.6. The molecule has 0 spiro atoms. The zero-order valence-corrected chi connectivity index (χ0v) is 17.6. The number of imidazole rings is 1. The highest BCUT2D eigenvalue weighted by molar-refractivity contribution is 5.70. The van der Waals surface area contributed by atoms with Gasteiger partial charge in [-0.3, -0.25) is 13.9 Å². The van der Waals surface area contributed by atoms with E-state index < -0.39 is 5.69 Å². The third-order valence-corrected chi connectivity index (χ3v) is 6.24. The monoisotopic (exact) mass is 425 g/mol. The zero-order valence-electron chi connectivity index (χ0n) is 17.6. The van der Waals surface area contributed by atoms with Crippen molar-refractivity contribution in [3.05, 3.63) is 98.5 Å². The SMILES string of the molecule is N#Cc1cccc(Cn2c(=O)c3c(ncn3C3CCCC3)n(Cc3ccccc3)c2=O)c1. The fraction of sp³-hybridized carbons (Fsp3) is 0.280. The Hall–Kier alpha value is -3.92. The Kier molecular flexibility index (Phi) is 5.20. The molecule has 5 rings (SSSR count). The fourth-order valence-electron chi connectivity index (χ4n) is 4.63. The minimum absolute atomic E-state index is 0.105. The Balaban J connectivity index is 1.71. The highest BCUT2D eigenvalue weighted by Gasteiger charge is 2.24. The van der Waals surface area contributed by atoms with Crippen LogP contribution in [-0.2, 0) is 13.1 Å². The van der Waals surface area contributed by atoms with Crippen LogP contribution in [-0.4, -0.2) is 18.7 Å². The third-order valence-electron chi connectivity index (χ3n) is 6.24. The summed E-state index contributed by atoms with van der Waals surface area (Å²) in [7, 11) is 0. The van der Waals surface area contributed by atoms with Crippen molar-refractivity contribution in [2.75, 3.05) is 0 Å². The quantitative estimate of drug-likeness (QED) is 0.490. The summed E-state index contributed by atoms with van der Waals surface area (Å²) in [6.07, 6.45) is 5.98. The minimum Gasteiger partial charge on any atom is -0.322 e. The lowest BCUT2D eigenvalue weighted by molar-refractivity contribution is 0.527. The van der Waals surface area contributed by atoms with Gasteiger partial charge in [0.05, 0.1) is 31.0 Å². The Morgan fingerprint density at radius 3 is 2.41 bits per heavy atom. The molecule has 2 aromatic carbocycles. The molecule has 0 saturated heterocycles. The van der Waals surface area contributed by atoms with E-state index in [1.165, 1.54) is 4.57 Å². The number of nitrogens with zero attached hydrogens (tertiary/aromatic N) is 5. The number of aromatic nitrogens is 4. The van der Waals surface area contributed by atoms with Gasteiger partial charge in [0.1, 0.15) is 0 Å². The van der Waals surface area contributed by atoms with Gasteiger partial charge < -0.3 is 4.57 Å². The molecule has 4 aromatic rings. The summed E-state index contributed by atoms with van der Waals surface area (Å²) in [6.45, 7) is 0.435. The van der Waals surface area contributed by atoms with Crippen molar-refractivity contribution in [1.29, 1.82) is 5.26 Å². The molecule has 1 saturated carbocycles.